The van der Waals surface area contributed by atoms with Gasteiger partial charge in [0.1, 0.15) is 5.75 Å². The normalized spacial score (nSPS) is 9.58. The molecule has 0 spiro atoms. The number of amides is 2. The number of anilines is 1. The highest BCUT2D eigenvalue weighted by atomic mass is 16.5. The van der Waals surface area contributed by atoms with Crippen LogP contribution in [-0.4, -0.2) is 32.3 Å². The summed E-state index contributed by atoms with van der Waals surface area (Å²) in [7, 11) is 1.31. The maximum absolute atomic E-state index is 11.5. The van der Waals surface area contributed by atoms with Gasteiger partial charge >= 0.3 is 12.0 Å². The fourth-order valence-corrected chi connectivity index (χ4v) is 1.36. The number of carbonyl (C=O) groups is 2. The monoisotopic (exact) mass is 266 g/mol. The van der Waals surface area contributed by atoms with Crippen molar-refractivity contribution in [2.75, 3.05) is 25.6 Å². The van der Waals surface area contributed by atoms with Gasteiger partial charge in [0.15, 0.2) is 0 Å². The third kappa shape index (κ3) is 5.76. The molecular weight excluding hydrogens is 248 g/mol. The summed E-state index contributed by atoms with van der Waals surface area (Å²) in [5, 5.41) is 5.20. The van der Waals surface area contributed by atoms with E-state index in [9.17, 15) is 9.59 Å². The number of hydrogen-bond donors (Lipinski definition) is 2. The van der Waals surface area contributed by atoms with E-state index < -0.39 is 0 Å². The van der Waals surface area contributed by atoms with Crippen LogP contribution in [0.2, 0.25) is 0 Å². The Kier molecular flexibility index (Phi) is 6.21. The van der Waals surface area contributed by atoms with E-state index in [2.05, 4.69) is 15.4 Å². The minimum absolute atomic E-state index is 0.146. The fraction of sp³-hybridized carbons (Fsp3) is 0.385. The lowest BCUT2D eigenvalue weighted by atomic mass is 10.3. The van der Waals surface area contributed by atoms with Crippen molar-refractivity contribution in [2.45, 2.75) is 13.3 Å². The Morgan fingerprint density at radius 3 is 2.47 bits per heavy atom. The van der Waals surface area contributed by atoms with E-state index in [0.29, 0.717) is 12.3 Å². The molecule has 0 fully saturated rings. The topological polar surface area (TPSA) is 76.7 Å². The first-order valence-electron chi connectivity index (χ1n) is 6.00. The van der Waals surface area contributed by atoms with Crippen molar-refractivity contribution in [3.8, 4) is 5.75 Å². The average molecular weight is 266 g/mol. The van der Waals surface area contributed by atoms with Crippen LogP contribution in [0.5, 0.6) is 5.75 Å². The van der Waals surface area contributed by atoms with Crippen molar-refractivity contribution in [2.24, 2.45) is 0 Å². The molecule has 6 heteroatoms. The van der Waals surface area contributed by atoms with Gasteiger partial charge in [-0.15, -0.1) is 0 Å². The van der Waals surface area contributed by atoms with Crippen molar-refractivity contribution >= 4 is 17.7 Å². The van der Waals surface area contributed by atoms with Crippen molar-refractivity contribution < 1.29 is 19.1 Å². The lowest BCUT2D eigenvalue weighted by molar-refractivity contribution is -0.140. The molecule has 0 aliphatic carbocycles. The Labute approximate surface area is 112 Å². The van der Waals surface area contributed by atoms with Gasteiger partial charge in [-0.3, -0.25) is 4.79 Å². The van der Waals surface area contributed by atoms with Crippen LogP contribution < -0.4 is 15.4 Å². The second-order valence-electron chi connectivity index (χ2n) is 3.66. The van der Waals surface area contributed by atoms with Crippen molar-refractivity contribution in [3.05, 3.63) is 24.3 Å². The molecule has 0 aliphatic heterocycles. The summed E-state index contributed by atoms with van der Waals surface area (Å²) in [6.45, 7) is 2.73. The molecule has 0 heterocycles. The van der Waals surface area contributed by atoms with Gasteiger partial charge in [0.05, 0.1) is 20.1 Å². The molecule has 2 N–H and O–H groups in total. The Morgan fingerprint density at radius 2 is 1.89 bits per heavy atom. The molecule has 0 atom stereocenters. The molecule has 0 aliphatic rings. The number of hydrogen-bond acceptors (Lipinski definition) is 4. The van der Waals surface area contributed by atoms with Gasteiger partial charge in [0.25, 0.3) is 0 Å². The Hall–Kier alpha value is -2.24. The molecule has 104 valence electrons. The van der Waals surface area contributed by atoms with Crippen LogP contribution in [0.4, 0.5) is 10.5 Å². The van der Waals surface area contributed by atoms with E-state index in [1.54, 1.807) is 24.3 Å². The van der Waals surface area contributed by atoms with Crippen LogP contribution >= 0.6 is 0 Å². The largest absolute Gasteiger partial charge is 0.494 e. The molecule has 1 aromatic carbocycles. The minimum Gasteiger partial charge on any atom is -0.494 e. The summed E-state index contributed by atoms with van der Waals surface area (Å²) in [5.41, 5.74) is 0.652. The zero-order chi connectivity index (χ0) is 14.1. The quantitative estimate of drug-likeness (QED) is 0.769. The molecule has 2 amide bonds. The standard InChI is InChI=1S/C13H18N2O4/c1-3-19-11-6-4-10(5-7-11)15-13(17)14-9-8-12(16)18-2/h4-7H,3,8-9H2,1-2H3,(H2,14,15,17). The Morgan fingerprint density at radius 1 is 1.21 bits per heavy atom. The zero-order valence-electron chi connectivity index (χ0n) is 11.1. The highest BCUT2D eigenvalue weighted by Crippen LogP contribution is 2.15. The number of nitrogens with one attached hydrogen (secondary N) is 2. The maximum Gasteiger partial charge on any atom is 0.319 e. The number of carbonyl (C=O) groups excluding carboxylic acids is 2. The van der Waals surface area contributed by atoms with Gasteiger partial charge in [-0.25, -0.2) is 4.79 Å². The van der Waals surface area contributed by atoms with Crippen LogP contribution in [-0.2, 0) is 9.53 Å². The molecule has 1 aromatic rings. The van der Waals surface area contributed by atoms with E-state index in [0.717, 1.165) is 5.75 Å². The smallest absolute Gasteiger partial charge is 0.319 e. The van der Waals surface area contributed by atoms with Gasteiger partial charge in [-0.1, -0.05) is 0 Å². The first-order valence-corrected chi connectivity index (χ1v) is 6.00. The zero-order valence-corrected chi connectivity index (χ0v) is 11.1. The van der Waals surface area contributed by atoms with E-state index in [-0.39, 0.29) is 25.0 Å². The average Bonchev–Trinajstić information content (AvgIpc) is 2.41. The second-order valence-corrected chi connectivity index (χ2v) is 3.66. The molecule has 19 heavy (non-hydrogen) atoms. The minimum atomic E-state index is -0.368. The van der Waals surface area contributed by atoms with E-state index in [4.69, 9.17) is 4.74 Å². The molecule has 0 unspecified atom stereocenters. The SMILES string of the molecule is CCOc1ccc(NC(=O)NCCC(=O)OC)cc1. The van der Waals surface area contributed by atoms with Gasteiger partial charge in [0.2, 0.25) is 0 Å². The highest BCUT2D eigenvalue weighted by molar-refractivity contribution is 5.89. The predicted molar refractivity (Wildman–Crippen MR) is 71.3 cm³/mol. The summed E-state index contributed by atoms with van der Waals surface area (Å²) < 4.78 is 9.75. The summed E-state index contributed by atoms with van der Waals surface area (Å²) in [6.07, 6.45) is 0.146. The summed E-state index contributed by atoms with van der Waals surface area (Å²) in [6, 6.07) is 6.66. The number of rotatable bonds is 6. The number of methoxy groups -OCH3 is 1. The molecule has 0 radical (unpaired) electrons. The van der Waals surface area contributed by atoms with Crippen molar-refractivity contribution in [3.63, 3.8) is 0 Å². The predicted octanol–water partition coefficient (Wildman–Crippen LogP) is 1.77. The van der Waals surface area contributed by atoms with Crippen molar-refractivity contribution in [1.29, 1.82) is 0 Å². The van der Waals surface area contributed by atoms with Crippen LogP contribution in [0.15, 0.2) is 24.3 Å². The number of esters is 1. The first-order chi connectivity index (χ1) is 9.15. The lowest BCUT2D eigenvalue weighted by Crippen LogP contribution is -2.30. The highest BCUT2D eigenvalue weighted by Gasteiger charge is 2.04. The number of benzene rings is 1. The van der Waals surface area contributed by atoms with Crippen LogP contribution in [0.3, 0.4) is 0 Å². The summed E-state index contributed by atoms with van der Waals surface area (Å²) in [4.78, 5) is 22.3. The fourth-order valence-electron chi connectivity index (χ4n) is 1.36. The van der Waals surface area contributed by atoms with Crippen LogP contribution in [0, 0.1) is 0 Å². The molecule has 0 bridgehead atoms. The summed E-state index contributed by atoms with van der Waals surface area (Å²) in [5.74, 6) is 0.389. The molecule has 0 aromatic heterocycles. The summed E-state index contributed by atoms with van der Waals surface area (Å²) >= 11 is 0. The van der Waals surface area contributed by atoms with Gasteiger partial charge in [-0.2, -0.15) is 0 Å². The van der Waals surface area contributed by atoms with Gasteiger partial charge in [-0.05, 0) is 31.2 Å². The second kappa shape index (κ2) is 7.97. The van der Waals surface area contributed by atoms with E-state index >= 15 is 0 Å². The first kappa shape index (κ1) is 14.8. The lowest BCUT2D eigenvalue weighted by Gasteiger charge is -2.08. The molecule has 0 saturated carbocycles. The number of urea groups is 1. The Bertz CT molecular complexity index is 417. The Balaban J connectivity index is 2.33. The van der Waals surface area contributed by atoms with Crippen LogP contribution in [0.25, 0.3) is 0 Å². The van der Waals surface area contributed by atoms with Crippen molar-refractivity contribution in [1.82, 2.24) is 5.32 Å². The van der Waals surface area contributed by atoms with E-state index in [1.165, 1.54) is 7.11 Å². The maximum atomic E-state index is 11.5. The third-order valence-electron chi connectivity index (χ3n) is 2.27. The molecule has 0 saturated heterocycles. The van der Waals surface area contributed by atoms with Gasteiger partial charge in [0, 0.05) is 12.2 Å². The van der Waals surface area contributed by atoms with Crippen LogP contribution in [0.1, 0.15) is 13.3 Å². The van der Waals surface area contributed by atoms with E-state index in [1.807, 2.05) is 6.92 Å². The molecular formula is C13H18N2O4. The van der Waals surface area contributed by atoms with Gasteiger partial charge < -0.3 is 20.1 Å². The number of ether oxygens (including phenoxy) is 2. The molecule has 1 rings (SSSR count). The third-order valence-corrected chi connectivity index (χ3v) is 2.27. The molecule has 6 nitrogen and oxygen atoms in total.